The summed E-state index contributed by atoms with van der Waals surface area (Å²) in [5, 5.41) is 9.83. The summed E-state index contributed by atoms with van der Waals surface area (Å²) in [6.45, 7) is 11.7. The van der Waals surface area contributed by atoms with E-state index in [1.807, 2.05) is 58.2 Å². The Morgan fingerprint density at radius 3 is 2.57 bits per heavy atom. The fraction of sp³-hybridized carbons (Fsp3) is 0.600. The quantitative estimate of drug-likeness (QED) is 0.477. The lowest BCUT2D eigenvalue weighted by Gasteiger charge is -2.23. The number of amides is 1. The predicted molar refractivity (Wildman–Crippen MR) is 114 cm³/mol. The average Bonchev–Trinajstić information content (AvgIpc) is 3.00. The first-order valence-electron chi connectivity index (χ1n) is 9.68. The molecule has 166 valence electrons. The molecule has 0 radical (unpaired) electrons. The number of ether oxygens (including phenoxy) is 3. The van der Waals surface area contributed by atoms with Crippen molar-refractivity contribution in [3.05, 3.63) is 40.2 Å². The first-order chi connectivity index (χ1) is 13.9. The summed E-state index contributed by atoms with van der Waals surface area (Å²) in [6.07, 6.45) is 1.25. The number of carbonyl (C=O) groups excluding carboxylic acids is 1. The van der Waals surface area contributed by atoms with Crippen molar-refractivity contribution in [3.8, 4) is 0 Å². The van der Waals surface area contributed by atoms with Crippen molar-refractivity contribution in [1.82, 2.24) is 25.1 Å². The molecule has 2 heterocycles. The Morgan fingerprint density at radius 2 is 2.00 bits per heavy atom. The van der Waals surface area contributed by atoms with Crippen molar-refractivity contribution in [2.24, 2.45) is 0 Å². The Morgan fingerprint density at radius 1 is 1.30 bits per heavy atom. The van der Waals surface area contributed by atoms with Gasteiger partial charge < -0.3 is 19.5 Å². The van der Waals surface area contributed by atoms with E-state index >= 15 is 0 Å². The highest BCUT2D eigenvalue weighted by atomic mass is 32.1. The van der Waals surface area contributed by atoms with Gasteiger partial charge in [-0.2, -0.15) is 5.10 Å². The summed E-state index contributed by atoms with van der Waals surface area (Å²) in [6, 6.07) is 3.45. The van der Waals surface area contributed by atoms with Crippen LogP contribution in [-0.2, 0) is 27.4 Å². The minimum Gasteiger partial charge on any atom is -0.444 e. The van der Waals surface area contributed by atoms with Crippen LogP contribution in [0.3, 0.4) is 0 Å². The lowest BCUT2D eigenvalue weighted by molar-refractivity contribution is -0.204. The van der Waals surface area contributed by atoms with Crippen LogP contribution in [0.2, 0.25) is 0 Å². The standard InChI is InChI=1S/C20H31N5O4S/c1-13(22-18(26)29-19(2,3)4)16-23-24-17(30)25(16)11-14-8-9-15(21-10-14)12-28-20(5,6)27-7/h8-10,13H,11-12H2,1-7H3,(H,22,26)(H,24,30)/t13-/m0/s1. The van der Waals surface area contributed by atoms with Gasteiger partial charge in [0.1, 0.15) is 5.60 Å². The fourth-order valence-electron chi connectivity index (χ4n) is 2.49. The van der Waals surface area contributed by atoms with E-state index in [1.165, 1.54) is 0 Å². The van der Waals surface area contributed by atoms with Gasteiger partial charge >= 0.3 is 6.09 Å². The Hall–Kier alpha value is -2.30. The molecule has 10 heteroatoms. The third-order valence-electron chi connectivity index (χ3n) is 4.19. The average molecular weight is 438 g/mol. The molecule has 9 nitrogen and oxygen atoms in total. The normalized spacial score (nSPS) is 13.2. The van der Waals surface area contributed by atoms with Crippen LogP contribution < -0.4 is 5.32 Å². The van der Waals surface area contributed by atoms with Gasteiger partial charge in [-0.25, -0.2) is 4.79 Å². The van der Waals surface area contributed by atoms with Crippen LogP contribution in [0.5, 0.6) is 0 Å². The second-order valence-electron chi connectivity index (χ2n) is 8.39. The number of nitrogens with zero attached hydrogens (tertiary/aromatic N) is 3. The van der Waals surface area contributed by atoms with Crippen LogP contribution >= 0.6 is 12.2 Å². The molecule has 0 aliphatic heterocycles. The van der Waals surface area contributed by atoms with Crippen molar-refractivity contribution in [2.75, 3.05) is 7.11 Å². The van der Waals surface area contributed by atoms with E-state index in [-0.39, 0.29) is 0 Å². The zero-order chi connectivity index (χ0) is 22.5. The van der Waals surface area contributed by atoms with Crippen LogP contribution in [0.4, 0.5) is 4.79 Å². The van der Waals surface area contributed by atoms with Gasteiger partial charge in [0.25, 0.3) is 0 Å². The predicted octanol–water partition coefficient (Wildman–Crippen LogP) is 3.87. The van der Waals surface area contributed by atoms with Gasteiger partial charge in [0.15, 0.2) is 16.4 Å². The van der Waals surface area contributed by atoms with Crippen molar-refractivity contribution in [3.63, 3.8) is 0 Å². The maximum Gasteiger partial charge on any atom is 0.408 e. The molecule has 2 aromatic rings. The topological polar surface area (TPSA) is 103 Å². The molecule has 1 amide bonds. The first-order valence-corrected chi connectivity index (χ1v) is 10.1. The third kappa shape index (κ3) is 7.19. The fourth-order valence-corrected chi connectivity index (χ4v) is 2.69. The van der Waals surface area contributed by atoms with Gasteiger partial charge in [-0.1, -0.05) is 6.07 Å². The minimum absolute atomic E-state index is 0.342. The van der Waals surface area contributed by atoms with Gasteiger partial charge in [-0.15, -0.1) is 0 Å². The second-order valence-corrected chi connectivity index (χ2v) is 8.78. The van der Waals surface area contributed by atoms with Crippen LogP contribution in [0.1, 0.15) is 64.7 Å². The van der Waals surface area contributed by atoms with E-state index in [0.29, 0.717) is 23.7 Å². The van der Waals surface area contributed by atoms with Crippen LogP contribution in [-0.4, -0.2) is 44.3 Å². The molecule has 0 spiro atoms. The van der Waals surface area contributed by atoms with Crippen LogP contribution in [0, 0.1) is 4.77 Å². The molecule has 0 fully saturated rings. The van der Waals surface area contributed by atoms with E-state index in [1.54, 1.807) is 13.3 Å². The number of hydrogen-bond donors (Lipinski definition) is 2. The highest BCUT2D eigenvalue weighted by Crippen LogP contribution is 2.16. The van der Waals surface area contributed by atoms with Gasteiger partial charge in [-0.3, -0.25) is 14.6 Å². The maximum absolute atomic E-state index is 12.1. The third-order valence-corrected chi connectivity index (χ3v) is 4.51. The molecule has 0 unspecified atom stereocenters. The molecular weight excluding hydrogens is 406 g/mol. The number of alkyl carbamates (subject to hydrolysis) is 1. The number of nitrogens with one attached hydrogen (secondary N) is 2. The smallest absolute Gasteiger partial charge is 0.408 e. The lowest BCUT2D eigenvalue weighted by Crippen LogP contribution is -2.35. The van der Waals surface area contributed by atoms with Crippen LogP contribution in [0.25, 0.3) is 0 Å². The Balaban J connectivity index is 2.06. The van der Waals surface area contributed by atoms with E-state index in [2.05, 4.69) is 20.5 Å². The van der Waals surface area contributed by atoms with E-state index in [9.17, 15) is 4.79 Å². The SMILES string of the molecule is COC(C)(C)OCc1ccc(Cn2c([C@H](C)NC(=O)OC(C)(C)C)n[nH]c2=S)cn1. The number of rotatable bonds is 8. The van der Waals surface area contributed by atoms with E-state index < -0.39 is 23.5 Å². The Bertz CT molecular complexity index is 899. The largest absolute Gasteiger partial charge is 0.444 e. The Kier molecular flexibility index (Phi) is 7.73. The summed E-state index contributed by atoms with van der Waals surface area (Å²) in [5.41, 5.74) is 1.15. The van der Waals surface area contributed by atoms with Crippen LogP contribution in [0.15, 0.2) is 18.3 Å². The maximum atomic E-state index is 12.1. The zero-order valence-corrected chi connectivity index (χ0v) is 19.4. The highest BCUT2D eigenvalue weighted by molar-refractivity contribution is 7.71. The molecule has 1 atom stereocenters. The molecule has 0 aliphatic rings. The summed E-state index contributed by atoms with van der Waals surface area (Å²) in [4.78, 5) is 16.5. The lowest BCUT2D eigenvalue weighted by atomic mass is 10.2. The highest BCUT2D eigenvalue weighted by Gasteiger charge is 2.21. The van der Waals surface area contributed by atoms with E-state index in [4.69, 9.17) is 26.4 Å². The summed E-state index contributed by atoms with van der Waals surface area (Å²) in [5.74, 6) is -0.0729. The summed E-state index contributed by atoms with van der Waals surface area (Å²) < 4.78 is 18.5. The van der Waals surface area contributed by atoms with Crippen molar-refractivity contribution in [2.45, 2.75) is 72.1 Å². The number of methoxy groups -OCH3 is 1. The van der Waals surface area contributed by atoms with Gasteiger partial charge in [0.05, 0.1) is 24.9 Å². The van der Waals surface area contributed by atoms with Gasteiger partial charge in [0, 0.05) is 13.3 Å². The molecule has 2 aromatic heterocycles. The number of pyridine rings is 1. The molecule has 0 aliphatic carbocycles. The van der Waals surface area contributed by atoms with Crippen molar-refractivity contribution in [1.29, 1.82) is 0 Å². The molecule has 0 aromatic carbocycles. The number of hydrogen-bond acceptors (Lipinski definition) is 7. The molecule has 0 saturated heterocycles. The molecule has 0 bridgehead atoms. The molecule has 30 heavy (non-hydrogen) atoms. The number of carbonyl (C=O) groups is 1. The van der Waals surface area contributed by atoms with Crippen molar-refractivity contribution >= 4 is 18.3 Å². The first kappa shape index (κ1) is 24.0. The molecule has 2 rings (SSSR count). The van der Waals surface area contributed by atoms with E-state index in [0.717, 1.165) is 11.3 Å². The molecular formula is C20H31N5O4S. The molecule has 0 saturated carbocycles. The Labute approximate surface area is 182 Å². The number of aromatic nitrogens is 4. The monoisotopic (exact) mass is 437 g/mol. The minimum atomic E-state index is -0.670. The number of aromatic amines is 1. The summed E-state index contributed by atoms with van der Waals surface area (Å²) >= 11 is 5.36. The van der Waals surface area contributed by atoms with Gasteiger partial charge in [-0.05, 0) is 65.4 Å². The second kappa shape index (κ2) is 9.67. The van der Waals surface area contributed by atoms with Gasteiger partial charge in [0.2, 0.25) is 0 Å². The summed E-state index contributed by atoms with van der Waals surface area (Å²) in [7, 11) is 1.60. The van der Waals surface area contributed by atoms with Crippen molar-refractivity contribution < 1.29 is 19.0 Å². The zero-order valence-electron chi connectivity index (χ0n) is 18.6. The number of H-pyrrole nitrogens is 1. The molecule has 2 N–H and O–H groups in total.